The topological polar surface area (TPSA) is 68.9 Å². The molecule has 2 atom stereocenters. The highest BCUT2D eigenvalue weighted by molar-refractivity contribution is 8.18. The monoisotopic (exact) mass is 500 g/mol. The minimum Gasteiger partial charge on any atom is -0.490 e. The number of amides is 1. The molecular weight excluding hydrogens is 472 g/mol. The third-order valence-electron chi connectivity index (χ3n) is 5.84. The lowest BCUT2D eigenvalue weighted by atomic mass is 10.1. The summed E-state index contributed by atoms with van der Waals surface area (Å²) in [7, 11) is 0. The molecule has 8 heteroatoms. The zero-order valence-electron chi connectivity index (χ0n) is 20.3. The number of hydrogen-bond acceptors (Lipinski definition) is 6. The maximum Gasteiger partial charge on any atom is 0.286 e. The van der Waals surface area contributed by atoms with Gasteiger partial charge in [-0.25, -0.2) is 4.68 Å². The van der Waals surface area contributed by atoms with Crippen molar-refractivity contribution in [3.63, 3.8) is 0 Å². The zero-order valence-corrected chi connectivity index (χ0v) is 21.1. The molecule has 0 N–H and O–H groups in total. The number of carbonyl (C=O) groups excluding carboxylic acids is 1. The summed E-state index contributed by atoms with van der Waals surface area (Å²) in [6.45, 7) is 9.65. The molecular formula is C28H28N4O3S. The number of para-hydroxylation sites is 1. The molecule has 1 fully saturated rings. The molecule has 0 unspecified atom stereocenters. The minimum absolute atomic E-state index is 0.0920. The Morgan fingerprint density at radius 3 is 2.53 bits per heavy atom. The first-order valence-corrected chi connectivity index (χ1v) is 12.7. The van der Waals surface area contributed by atoms with Gasteiger partial charge in [-0.05, 0) is 68.1 Å². The van der Waals surface area contributed by atoms with Gasteiger partial charge in [-0.1, -0.05) is 30.9 Å². The molecule has 1 aromatic heterocycles. The highest BCUT2D eigenvalue weighted by Crippen LogP contribution is 2.34. The van der Waals surface area contributed by atoms with Crippen molar-refractivity contribution in [2.45, 2.75) is 26.1 Å². The Morgan fingerprint density at radius 2 is 1.83 bits per heavy atom. The summed E-state index contributed by atoms with van der Waals surface area (Å²) in [5.41, 5.74) is 3.48. The van der Waals surface area contributed by atoms with Crippen LogP contribution in [0.15, 0.2) is 83.3 Å². The summed E-state index contributed by atoms with van der Waals surface area (Å²) in [4.78, 5) is 20.0. The van der Waals surface area contributed by atoms with Crippen molar-refractivity contribution in [1.82, 2.24) is 14.7 Å². The number of ether oxygens (including phenoxy) is 2. The summed E-state index contributed by atoms with van der Waals surface area (Å²) < 4.78 is 13.3. The van der Waals surface area contributed by atoms with Gasteiger partial charge in [0.05, 0.1) is 28.5 Å². The molecule has 2 aliphatic heterocycles. The van der Waals surface area contributed by atoms with Gasteiger partial charge in [0.15, 0.2) is 5.17 Å². The van der Waals surface area contributed by atoms with Crippen molar-refractivity contribution in [2.75, 3.05) is 19.7 Å². The van der Waals surface area contributed by atoms with Crippen LogP contribution in [0.4, 0.5) is 0 Å². The molecule has 7 nitrogen and oxygen atoms in total. The fourth-order valence-electron chi connectivity index (χ4n) is 4.30. The molecule has 0 aliphatic carbocycles. The molecule has 3 aromatic rings. The molecule has 1 amide bonds. The van der Waals surface area contributed by atoms with Gasteiger partial charge in [0.25, 0.3) is 5.91 Å². The fourth-order valence-corrected chi connectivity index (χ4v) is 5.23. The second-order valence-electron chi connectivity index (χ2n) is 8.81. The van der Waals surface area contributed by atoms with Crippen molar-refractivity contribution in [1.29, 1.82) is 0 Å². The summed E-state index contributed by atoms with van der Waals surface area (Å²) in [6.07, 6.45) is 5.74. The van der Waals surface area contributed by atoms with Crippen LogP contribution < -0.4 is 4.74 Å². The second kappa shape index (κ2) is 10.6. The van der Waals surface area contributed by atoms with Gasteiger partial charge in [-0.3, -0.25) is 4.79 Å². The van der Waals surface area contributed by atoms with Crippen LogP contribution in [-0.4, -0.2) is 57.7 Å². The molecule has 0 bridgehead atoms. The number of nitrogens with zero attached hydrogens (tertiary/aromatic N) is 4. The van der Waals surface area contributed by atoms with Crippen molar-refractivity contribution >= 4 is 28.9 Å². The van der Waals surface area contributed by atoms with Crippen LogP contribution in [0.5, 0.6) is 5.75 Å². The van der Waals surface area contributed by atoms with Crippen molar-refractivity contribution < 1.29 is 14.3 Å². The first kappa shape index (κ1) is 24.1. The summed E-state index contributed by atoms with van der Waals surface area (Å²) in [5.74, 6) is 0.531. The molecule has 2 aromatic carbocycles. The number of thioether (sulfide) groups is 1. The van der Waals surface area contributed by atoms with E-state index in [1.165, 1.54) is 11.8 Å². The number of aromatic nitrogens is 2. The van der Waals surface area contributed by atoms with E-state index in [4.69, 9.17) is 14.6 Å². The van der Waals surface area contributed by atoms with Gasteiger partial charge in [0.1, 0.15) is 12.4 Å². The van der Waals surface area contributed by atoms with E-state index in [-0.39, 0.29) is 18.1 Å². The average molecular weight is 501 g/mol. The van der Waals surface area contributed by atoms with E-state index in [2.05, 4.69) is 16.5 Å². The van der Waals surface area contributed by atoms with Crippen LogP contribution in [0.3, 0.4) is 0 Å². The molecule has 184 valence electrons. The van der Waals surface area contributed by atoms with Gasteiger partial charge < -0.3 is 14.4 Å². The van der Waals surface area contributed by atoms with Crippen LogP contribution >= 0.6 is 11.8 Å². The predicted molar refractivity (Wildman–Crippen MR) is 144 cm³/mol. The quantitative estimate of drug-likeness (QED) is 0.343. The van der Waals surface area contributed by atoms with E-state index in [0.717, 1.165) is 33.4 Å². The number of rotatable bonds is 6. The second-order valence-corrected chi connectivity index (χ2v) is 9.82. The first-order chi connectivity index (χ1) is 17.5. The largest absolute Gasteiger partial charge is 0.490 e. The maximum absolute atomic E-state index is 12.9. The smallest absolute Gasteiger partial charge is 0.286 e. The molecule has 36 heavy (non-hydrogen) atoms. The number of carbonyl (C=O) groups is 1. The van der Waals surface area contributed by atoms with Crippen LogP contribution in [0.1, 0.15) is 19.4 Å². The van der Waals surface area contributed by atoms with Crippen molar-refractivity contribution in [3.05, 3.63) is 83.9 Å². The standard InChI is InChI=1S/C28H28N4O3S/c1-4-14-34-24-12-10-21(11-13-24)26-22(18-32(30-26)23-8-6-5-7-9-23)15-25-27(33)29-28(36-25)31-16-19(2)35-20(3)17-31/h4-13,15,18-20H,1,14,16-17H2,2-3H3/b25-15-/t19-,20-/m1/s1. The average Bonchev–Trinajstić information content (AvgIpc) is 3.47. The molecule has 1 saturated heterocycles. The number of amidine groups is 1. The van der Waals surface area contributed by atoms with Gasteiger partial charge in [-0.2, -0.15) is 10.1 Å². The fraction of sp³-hybridized carbons (Fsp3) is 0.250. The number of benzene rings is 2. The van der Waals surface area contributed by atoms with Crippen LogP contribution in [0.25, 0.3) is 23.0 Å². The lowest BCUT2D eigenvalue weighted by Crippen LogP contribution is -2.47. The number of aliphatic imine (C=N–C) groups is 1. The molecule has 5 rings (SSSR count). The summed E-state index contributed by atoms with van der Waals surface area (Å²) in [5, 5.41) is 5.60. The number of morpholine rings is 1. The van der Waals surface area contributed by atoms with E-state index in [0.29, 0.717) is 24.6 Å². The molecule has 2 aliphatic rings. The van der Waals surface area contributed by atoms with Crippen LogP contribution in [0.2, 0.25) is 0 Å². The Hall–Kier alpha value is -3.62. The predicted octanol–water partition coefficient (Wildman–Crippen LogP) is 5.18. The number of hydrogen-bond donors (Lipinski definition) is 0. The van der Waals surface area contributed by atoms with Crippen molar-refractivity contribution in [3.8, 4) is 22.7 Å². The van der Waals surface area contributed by atoms with Crippen LogP contribution in [-0.2, 0) is 9.53 Å². The Kier molecular flexibility index (Phi) is 7.06. The third kappa shape index (κ3) is 5.29. The highest BCUT2D eigenvalue weighted by Gasteiger charge is 2.31. The third-order valence-corrected chi connectivity index (χ3v) is 6.89. The maximum atomic E-state index is 12.9. The Labute approximate surface area is 215 Å². The summed E-state index contributed by atoms with van der Waals surface area (Å²) >= 11 is 1.41. The molecule has 0 radical (unpaired) electrons. The Balaban J connectivity index is 1.46. The van der Waals surface area contributed by atoms with Gasteiger partial charge >= 0.3 is 0 Å². The Morgan fingerprint density at radius 1 is 1.11 bits per heavy atom. The first-order valence-electron chi connectivity index (χ1n) is 11.9. The van der Waals surface area contributed by atoms with Crippen LogP contribution in [0, 0.1) is 0 Å². The normalized spacial score (nSPS) is 21.1. The van der Waals surface area contributed by atoms with Gasteiger partial charge in [0, 0.05) is 30.4 Å². The van der Waals surface area contributed by atoms with E-state index in [1.807, 2.05) is 85.4 Å². The van der Waals surface area contributed by atoms with E-state index in [1.54, 1.807) is 6.08 Å². The molecule has 3 heterocycles. The SMILES string of the molecule is C=CCOc1ccc(-c2nn(-c3ccccc3)cc2/C=C2\SC(N3C[C@@H](C)O[C@H](C)C3)=NC2=O)cc1. The van der Waals surface area contributed by atoms with E-state index >= 15 is 0 Å². The highest BCUT2D eigenvalue weighted by atomic mass is 32.2. The molecule has 0 saturated carbocycles. The van der Waals surface area contributed by atoms with Gasteiger partial charge in [0.2, 0.25) is 0 Å². The van der Waals surface area contributed by atoms with E-state index in [9.17, 15) is 4.79 Å². The zero-order chi connectivity index (χ0) is 25.1. The lowest BCUT2D eigenvalue weighted by Gasteiger charge is -2.35. The Bertz CT molecular complexity index is 1300. The minimum atomic E-state index is -0.228. The summed E-state index contributed by atoms with van der Waals surface area (Å²) in [6, 6.07) is 17.7. The molecule has 0 spiro atoms. The van der Waals surface area contributed by atoms with Gasteiger partial charge in [-0.15, -0.1) is 0 Å². The lowest BCUT2D eigenvalue weighted by molar-refractivity contribution is -0.113. The van der Waals surface area contributed by atoms with Crippen molar-refractivity contribution in [2.24, 2.45) is 4.99 Å². The van der Waals surface area contributed by atoms with E-state index < -0.39 is 0 Å².